The summed E-state index contributed by atoms with van der Waals surface area (Å²) in [5, 5.41) is 19.0. The number of anilines is 1. The van der Waals surface area contributed by atoms with Crippen molar-refractivity contribution in [2.24, 2.45) is 0 Å². The monoisotopic (exact) mass is 843 g/mol. The Morgan fingerprint density at radius 2 is 1.78 bits per heavy atom. The third-order valence-electron chi connectivity index (χ3n) is 10.1. The van der Waals surface area contributed by atoms with Gasteiger partial charge in [-0.1, -0.05) is 60.8 Å². The summed E-state index contributed by atoms with van der Waals surface area (Å²) in [6.45, 7) is 4.42. The van der Waals surface area contributed by atoms with E-state index in [0.29, 0.717) is 44.1 Å². The maximum Gasteiger partial charge on any atom is 0.317 e. The number of benzene rings is 3. The molecule has 2 atom stereocenters. The fourth-order valence-corrected chi connectivity index (χ4v) is 7.76. The molecule has 0 aliphatic rings. The van der Waals surface area contributed by atoms with Crippen molar-refractivity contribution in [1.82, 2.24) is 15.3 Å². The summed E-state index contributed by atoms with van der Waals surface area (Å²) in [7, 11) is -3.71. The van der Waals surface area contributed by atoms with Crippen LogP contribution in [-0.2, 0) is 22.3 Å². The number of aliphatic hydroxyl groups is 1. The zero-order chi connectivity index (χ0) is 41.8. The summed E-state index contributed by atoms with van der Waals surface area (Å²) in [6, 6.07) is 22.3. The van der Waals surface area contributed by atoms with E-state index < -0.39 is 13.9 Å². The van der Waals surface area contributed by atoms with E-state index in [-0.39, 0.29) is 30.5 Å². The molecule has 3 heterocycles. The van der Waals surface area contributed by atoms with Crippen LogP contribution in [0, 0.1) is 6.92 Å². The van der Waals surface area contributed by atoms with Gasteiger partial charge in [0.15, 0.2) is 24.7 Å². The number of aromatic nitrogens is 3. The minimum Gasteiger partial charge on any atom is -0.746 e. The number of halogens is 1. The normalized spacial score (nSPS) is 13.1. The molecule has 3 aromatic carbocycles. The summed E-state index contributed by atoms with van der Waals surface area (Å²) in [5.74, 6) is -0.190. The fourth-order valence-electron chi connectivity index (χ4n) is 7.06. The average Bonchev–Trinajstić information content (AvgIpc) is 3.57. The number of hydrogen-bond donors (Lipinski definition) is 5. The van der Waals surface area contributed by atoms with E-state index in [9.17, 15) is 24.3 Å². The zero-order valence-electron chi connectivity index (χ0n) is 33.3. The van der Waals surface area contributed by atoms with Gasteiger partial charge in [0, 0.05) is 48.5 Å². The molecule has 0 radical (unpaired) electrons. The maximum atomic E-state index is 13.3. The molecule has 0 aliphatic carbocycles. The number of nitrogens with zero attached hydrogens (tertiary/aromatic N) is 2. The number of aromatic amines is 1. The van der Waals surface area contributed by atoms with E-state index >= 15 is 0 Å². The Morgan fingerprint density at radius 1 is 1.00 bits per heavy atom. The number of rotatable bonds is 22. The van der Waals surface area contributed by atoms with Gasteiger partial charge in [0.1, 0.15) is 17.0 Å². The Kier molecular flexibility index (Phi) is 15.5. The smallest absolute Gasteiger partial charge is 0.317 e. The van der Waals surface area contributed by atoms with Gasteiger partial charge in [-0.2, -0.15) is 4.57 Å². The standard InChI is InChI=1S/C44H51ClN5O8P/c1-30-34(16-12-21-47-30)44(52)49-42-41-36(26-37(45)43(42)56-2)35-19-22-50(29-38(35)48-41)28-33-18-17-32(25-40(33)58-59(53,54)55)39(51)27-46-20-9-3-4-10-23-57-24-11-8-15-31-13-6-5-7-14-31/h5-7,12-14,16-19,21-22,25-26,29,39,46,51H,3-4,8-11,15,20,23-24,27-28H2,1-2H3,(H3,49,52,53,54,55). The largest absolute Gasteiger partial charge is 0.746 e. The number of phosphoric ester groups is 1. The van der Waals surface area contributed by atoms with Gasteiger partial charge >= 0.3 is 7.82 Å². The number of carbonyl (C=O) groups is 1. The maximum absolute atomic E-state index is 13.3. The molecule has 13 nitrogen and oxygen atoms in total. The second kappa shape index (κ2) is 20.9. The van der Waals surface area contributed by atoms with Gasteiger partial charge in [-0.3, -0.25) is 14.3 Å². The van der Waals surface area contributed by atoms with Crippen LogP contribution in [0.4, 0.5) is 5.69 Å². The summed E-state index contributed by atoms with van der Waals surface area (Å²) < 4.78 is 30.1. The number of aryl methyl sites for hydroxylation is 2. The predicted octanol–water partition coefficient (Wildman–Crippen LogP) is 7.34. The molecule has 6 rings (SSSR count). The Labute approximate surface area is 349 Å². The Hall–Kier alpha value is -4.85. The molecule has 0 bridgehead atoms. The number of carbonyl (C=O) groups excluding carboxylic acids is 1. The summed E-state index contributed by atoms with van der Waals surface area (Å²) >= 11 is 6.64. The van der Waals surface area contributed by atoms with Gasteiger partial charge in [0.05, 0.1) is 34.9 Å². The van der Waals surface area contributed by atoms with Crippen molar-refractivity contribution in [2.75, 3.05) is 38.7 Å². The first-order valence-electron chi connectivity index (χ1n) is 19.8. The van der Waals surface area contributed by atoms with E-state index in [1.54, 1.807) is 54.2 Å². The van der Waals surface area contributed by atoms with Gasteiger partial charge in [0.25, 0.3) is 5.91 Å². The number of H-pyrrole nitrogens is 1. The molecule has 1 amide bonds. The number of amides is 1. The highest BCUT2D eigenvalue weighted by atomic mass is 35.5. The van der Waals surface area contributed by atoms with Crippen LogP contribution in [0.1, 0.15) is 77.4 Å². The number of hydrogen-bond acceptors (Lipinski definition) is 9. The Bertz CT molecular complexity index is 2390. The average molecular weight is 844 g/mol. The number of fused-ring (bicyclic) bond motifs is 3. The van der Waals surface area contributed by atoms with Crippen molar-refractivity contribution < 1.29 is 42.8 Å². The quantitative estimate of drug-likeness (QED) is 0.0264. The lowest BCUT2D eigenvalue weighted by Gasteiger charge is -2.20. The lowest BCUT2D eigenvalue weighted by atomic mass is 10.1. The van der Waals surface area contributed by atoms with E-state index in [0.717, 1.165) is 75.5 Å². The molecule has 0 spiro atoms. The van der Waals surface area contributed by atoms with Crippen molar-refractivity contribution in [1.29, 1.82) is 0 Å². The van der Waals surface area contributed by atoms with Gasteiger partial charge in [0.2, 0.25) is 0 Å². The number of nitrogens with one attached hydrogen (secondary N) is 3. The minimum atomic E-state index is -5.18. The van der Waals surface area contributed by atoms with Gasteiger partial charge < -0.3 is 44.5 Å². The topological polar surface area (TPSA) is 182 Å². The highest BCUT2D eigenvalue weighted by molar-refractivity contribution is 7.45. The lowest BCUT2D eigenvalue weighted by molar-refractivity contribution is -0.687. The van der Waals surface area contributed by atoms with Crippen molar-refractivity contribution >= 4 is 52.8 Å². The molecule has 3 aromatic heterocycles. The van der Waals surface area contributed by atoms with Crippen LogP contribution < -0.4 is 29.4 Å². The fraction of sp³-hybridized carbons (Fsp3) is 0.341. The predicted molar refractivity (Wildman–Crippen MR) is 227 cm³/mol. The number of unbranched alkanes of at least 4 members (excludes halogenated alkanes) is 4. The number of aliphatic hydroxyl groups excluding tert-OH is 1. The molecule has 0 saturated heterocycles. The highest BCUT2D eigenvalue weighted by Gasteiger charge is 2.23. The summed E-state index contributed by atoms with van der Waals surface area (Å²) in [4.78, 5) is 42.5. The molecule has 0 aliphatic heterocycles. The summed E-state index contributed by atoms with van der Waals surface area (Å²) in [6.07, 6.45) is 11.6. The first-order chi connectivity index (χ1) is 28.5. The van der Waals surface area contributed by atoms with Gasteiger partial charge in [-0.15, -0.1) is 0 Å². The van der Waals surface area contributed by atoms with Crippen LogP contribution in [0.3, 0.4) is 0 Å². The highest BCUT2D eigenvalue weighted by Crippen LogP contribution is 2.42. The third kappa shape index (κ3) is 12.1. The molecule has 312 valence electrons. The van der Waals surface area contributed by atoms with E-state index in [2.05, 4.69) is 44.9 Å². The van der Waals surface area contributed by atoms with Gasteiger partial charge in [-0.25, -0.2) is 0 Å². The lowest BCUT2D eigenvalue weighted by Crippen LogP contribution is -2.33. The van der Waals surface area contributed by atoms with Crippen molar-refractivity contribution in [3.63, 3.8) is 0 Å². The number of pyridine rings is 2. The first-order valence-corrected chi connectivity index (χ1v) is 21.7. The van der Waals surface area contributed by atoms with E-state index in [1.165, 1.54) is 18.7 Å². The van der Waals surface area contributed by atoms with Crippen LogP contribution in [0.25, 0.3) is 21.8 Å². The van der Waals surface area contributed by atoms with Gasteiger partial charge in [-0.05, 0) is 87.0 Å². The molecular formula is C44H51ClN5O8P. The number of ether oxygens (including phenoxy) is 2. The third-order valence-corrected chi connectivity index (χ3v) is 10.8. The van der Waals surface area contributed by atoms with Crippen molar-refractivity contribution in [3.05, 3.63) is 124 Å². The molecule has 6 aromatic rings. The molecule has 0 saturated carbocycles. The van der Waals surface area contributed by atoms with Crippen LogP contribution >= 0.6 is 19.4 Å². The van der Waals surface area contributed by atoms with Crippen molar-refractivity contribution in [3.8, 4) is 11.5 Å². The van der Waals surface area contributed by atoms with E-state index in [1.807, 2.05) is 18.3 Å². The zero-order valence-corrected chi connectivity index (χ0v) is 34.9. The molecular weight excluding hydrogens is 793 g/mol. The van der Waals surface area contributed by atoms with Crippen LogP contribution in [0.5, 0.6) is 11.5 Å². The number of methoxy groups -OCH3 is 1. The molecule has 2 unspecified atom stereocenters. The Balaban J connectivity index is 1.04. The minimum absolute atomic E-state index is 0.0998. The molecule has 5 N–H and O–H groups in total. The Morgan fingerprint density at radius 3 is 2.54 bits per heavy atom. The van der Waals surface area contributed by atoms with Crippen molar-refractivity contribution in [2.45, 2.75) is 64.5 Å². The molecule has 0 fully saturated rings. The second-order valence-corrected chi connectivity index (χ2v) is 16.0. The first kappa shape index (κ1) is 43.7. The van der Waals surface area contributed by atoms with Crippen LogP contribution in [-0.4, -0.2) is 59.3 Å². The molecule has 15 heteroatoms. The molecule has 59 heavy (non-hydrogen) atoms. The second-order valence-electron chi connectivity index (χ2n) is 14.5. The summed E-state index contributed by atoms with van der Waals surface area (Å²) in [5.41, 5.74) is 4.85. The SMILES string of the molecule is COc1c(Cl)cc2c([nH]c3c[n+](Cc4ccc(C(O)CNCCCCCCOCCCCc5ccccc5)cc4OP(=O)([O-])O)ccc32)c1NC(=O)c1cccnc1C. The van der Waals surface area contributed by atoms with E-state index in [4.69, 9.17) is 25.6 Å². The number of phosphoric acid groups is 1. The van der Waals surface area contributed by atoms with Crippen LogP contribution in [0.15, 0.2) is 91.4 Å². The van der Waals surface area contributed by atoms with Crippen LogP contribution in [0.2, 0.25) is 5.02 Å².